The van der Waals surface area contributed by atoms with Crippen molar-refractivity contribution in [1.29, 1.82) is 0 Å². The van der Waals surface area contributed by atoms with Crippen molar-refractivity contribution in [3.8, 4) is 16.9 Å². The number of rotatable bonds is 8. The van der Waals surface area contributed by atoms with Gasteiger partial charge in [-0.2, -0.15) is 0 Å². The summed E-state index contributed by atoms with van der Waals surface area (Å²) in [6, 6.07) is 10.3. The number of nitrogens with zero attached hydrogens (tertiary/aromatic N) is 6. The first kappa shape index (κ1) is 30.7. The maximum atomic E-state index is 16.4. The van der Waals surface area contributed by atoms with E-state index in [0.717, 1.165) is 31.6 Å². The Labute approximate surface area is 265 Å². The van der Waals surface area contributed by atoms with Gasteiger partial charge in [-0.05, 0) is 68.4 Å². The molecule has 3 aliphatic rings. The molecule has 2 aromatic heterocycles. The first-order valence-corrected chi connectivity index (χ1v) is 17.2. The number of halogens is 3. The molecule has 244 valence electrons. The van der Waals surface area contributed by atoms with Gasteiger partial charge in [0.25, 0.3) is 5.92 Å². The molecule has 0 radical (unpaired) electrons. The van der Waals surface area contributed by atoms with Crippen LogP contribution in [-0.2, 0) is 10.0 Å². The van der Waals surface area contributed by atoms with Crippen LogP contribution >= 0.6 is 0 Å². The molecule has 2 N–H and O–H groups in total. The lowest BCUT2D eigenvalue weighted by Gasteiger charge is -2.35. The van der Waals surface area contributed by atoms with Gasteiger partial charge in [-0.15, -0.1) is 5.10 Å². The van der Waals surface area contributed by atoms with Crippen LogP contribution in [0.25, 0.3) is 27.8 Å². The van der Waals surface area contributed by atoms with Gasteiger partial charge in [0.1, 0.15) is 16.6 Å². The lowest BCUT2D eigenvalue weighted by molar-refractivity contribution is -0.0221. The first-order chi connectivity index (χ1) is 22.0. The van der Waals surface area contributed by atoms with Gasteiger partial charge in [-0.3, -0.25) is 9.71 Å². The Balaban J connectivity index is 1.27. The van der Waals surface area contributed by atoms with Crippen molar-refractivity contribution in [1.82, 2.24) is 20.0 Å². The van der Waals surface area contributed by atoms with Gasteiger partial charge in [-0.25, -0.2) is 26.3 Å². The van der Waals surface area contributed by atoms with Crippen LogP contribution in [-0.4, -0.2) is 77.5 Å². The lowest BCUT2D eigenvalue weighted by atomic mass is 9.93. The van der Waals surface area contributed by atoms with Crippen LogP contribution in [0.2, 0.25) is 0 Å². The van der Waals surface area contributed by atoms with Crippen molar-refractivity contribution in [3.05, 3.63) is 54.6 Å². The van der Waals surface area contributed by atoms with Crippen LogP contribution in [0.3, 0.4) is 0 Å². The average molecular weight is 656 g/mol. The fourth-order valence-corrected chi connectivity index (χ4v) is 7.37. The second-order valence-electron chi connectivity index (χ2n) is 12.9. The number of aliphatic hydroxyl groups excluding tert-OH is 1. The SMILES string of the molecule is CC(CO)S(=O)(=O)Nc1ccc(-n2cc(-c3cc4cccnc4c(N4CCC(F)(F)CC4)c3F)nn2)c(N2CCC3(CC2)CC3)c1. The number of sulfonamides is 1. The molecule has 1 saturated carbocycles. The Hall–Kier alpha value is -3.91. The number of nitrogens with one attached hydrogen (secondary N) is 1. The number of hydrogen-bond donors (Lipinski definition) is 2. The topological polar surface area (TPSA) is 116 Å². The maximum Gasteiger partial charge on any atom is 0.251 e. The molecule has 1 spiro atoms. The van der Waals surface area contributed by atoms with Gasteiger partial charge in [0.15, 0.2) is 5.82 Å². The van der Waals surface area contributed by atoms with Crippen LogP contribution in [0.15, 0.2) is 48.8 Å². The fraction of sp³-hybridized carbons (Fsp3) is 0.469. The van der Waals surface area contributed by atoms with Crippen molar-refractivity contribution in [2.24, 2.45) is 5.41 Å². The van der Waals surface area contributed by atoms with E-state index in [9.17, 15) is 22.3 Å². The monoisotopic (exact) mass is 655 g/mol. The molecule has 1 unspecified atom stereocenters. The number of hydrogen-bond acceptors (Lipinski definition) is 8. The minimum atomic E-state index is -3.82. The number of fused-ring (bicyclic) bond motifs is 1. The summed E-state index contributed by atoms with van der Waals surface area (Å²) in [7, 11) is -3.82. The molecule has 10 nitrogen and oxygen atoms in total. The van der Waals surface area contributed by atoms with E-state index in [0.29, 0.717) is 27.7 Å². The standard InChI is InChI=1S/C32H36F3N7O3S/c1-21(20-43)46(44,45)38-23-4-5-26(27(18-23)40-13-8-31(6-7-31)9-14-40)42-19-25(37-39-42)24-17-22-3-2-12-36-29(22)30(28(24)33)41-15-10-32(34,35)11-16-41/h2-5,12,17-19,21,38,43H,6-11,13-16,20H2,1H3. The summed E-state index contributed by atoms with van der Waals surface area (Å²) in [6.07, 6.45) is 6.97. The Morgan fingerprint density at radius 3 is 2.39 bits per heavy atom. The lowest BCUT2D eigenvalue weighted by Crippen LogP contribution is -2.40. The average Bonchev–Trinajstić information content (AvgIpc) is 3.61. The van der Waals surface area contributed by atoms with Gasteiger partial charge in [-0.1, -0.05) is 11.3 Å². The Kier molecular flexibility index (Phi) is 7.62. The van der Waals surface area contributed by atoms with E-state index < -0.39 is 33.6 Å². The summed E-state index contributed by atoms with van der Waals surface area (Å²) >= 11 is 0. The molecule has 4 aromatic rings. The summed E-state index contributed by atoms with van der Waals surface area (Å²) in [4.78, 5) is 8.23. The molecular weight excluding hydrogens is 619 g/mol. The third kappa shape index (κ3) is 5.76. The highest BCUT2D eigenvalue weighted by atomic mass is 32.2. The molecule has 4 heterocycles. The van der Waals surface area contributed by atoms with Crippen LogP contribution in [0.5, 0.6) is 0 Å². The number of pyridine rings is 1. The Morgan fingerprint density at radius 2 is 1.70 bits per heavy atom. The van der Waals surface area contributed by atoms with Gasteiger partial charge >= 0.3 is 0 Å². The predicted molar refractivity (Wildman–Crippen MR) is 171 cm³/mol. The minimum absolute atomic E-state index is 0.000590. The number of alkyl halides is 2. The Bertz CT molecular complexity index is 1880. The molecule has 1 atom stereocenters. The summed E-state index contributed by atoms with van der Waals surface area (Å²) < 4.78 is 74.0. The largest absolute Gasteiger partial charge is 0.395 e. The van der Waals surface area contributed by atoms with Gasteiger partial charge in [0.05, 0.1) is 35.4 Å². The molecule has 1 aliphatic carbocycles. The highest BCUT2D eigenvalue weighted by Gasteiger charge is 2.44. The van der Waals surface area contributed by atoms with Crippen molar-refractivity contribution in [2.75, 3.05) is 47.3 Å². The van der Waals surface area contributed by atoms with E-state index >= 15 is 4.39 Å². The molecule has 0 bridgehead atoms. The maximum absolute atomic E-state index is 16.4. The summed E-state index contributed by atoms with van der Waals surface area (Å²) in [5, 5.41) is 17.8. The predicted octanol–water partition coefficient (Wildman–Crippen LogP) is 5.36. The number of anilines is 3. The van der Waals surface area contributed by atoms with Crippen LogP contribution in [0.1, 0.15) is 45.4 Å². The second-order valence-corrected chi connectivity index (χ2v) is 15.0. The molecular formula is C32H36F3N7O3S. The van der Waals surface area contributed by atoms with Crippen LogP contribution in [0.4, 0.5) is 30.2 Å². The number of benzene rings is 2. The van der Waals surface area contributed by atoms with E-state index in [1.165, 1.54) is 19.8 Å². The highest BCUT2D eigenvalue weighted by Crippen LogP contribution is 2.54. The molecule has 46 heavy (non-hydrogen) atoms. The van der Waals surface area contributed by atoms with Crippen molar-refractivity contribution < 1.29 is 26.7 Å². The van der Waals surface area contributed by atoms with E-state index in [1.807, 2.05) is 0 Å². The molecule has 7 rings (SSSR count). The van der Waals surface area contributed by atoms with Crippen molar-refractivity contribution in [2.45, 2.75) is 56.6 Å². The molecule has 2 aromatic carbocycles. The zero-order chi connectivity index (χ0) is 32.3. The summed E-state index contributed by atoms with van der Waals surface area (Å²) in [5.74, 6) is -3.38. The normalized spacial score (nSPS) is 19.8. The third-order valence-electron chi connectivity index (χ3n) is 9.78. The van der Waals surface area contributed by atoms with Gasteiger partial charge in [0, 0.05) is 56.2 Å². The molecule has 2 aliphatic heterocycles. The Morgan fingerprint density at radius 1 is 0.978 bits per heavy atom. The summed E-state index contributed by atoms with van der Waals surface area (Å²) in [5.41, 5.74) is 3.18. The van der Waals surface area contributed by atoms with Crippen molar-refractivity contribution >= 4 is 38.0 Å². The smallest absolute Gasteiger partial charge is 0.251 e. The molecule has 3 fully saturated rings. The van der Waals surface area contributed by atoms with E-state index in [4.69, 9.17) is 0 Å². The van der Waals surface area contributed by atoms with E-state index in [1.54, 1.807) is 58.4 Å². The zero-order valence-electron chi connectivity index (χ0n) is 25.5. The number of piperidine rings is 2. The van der Waals surface area contributed by atoms with Gasteiger partial charge in [0.2, 0.25) is 10.0 Å². The quantitative estimate of drug-likeness (QED) is 0.261. The fourth-order valence-electron chi connectivity index (χ4n) is 6.52. The minimum Gasteiger partial charge on any atom is -0.395 e. The van der Waals surface area contributed by atoms with Crippen molar-refractivity contribution in [3.63, 3.8) is 0 Å². The highest BCUT2D eigenvalue weighted by molar-refractivity contribution is 7.93. The first-order valence-electron chi connectivity index (χ1n) is 15.6. The molecule has 2 saturated heterocycles. The molecule has 14 heteroatoms. The number of aliphatic hydroxyl groups is 1. The second kappa shape index (κ2) is 11.4. The van der Waals surface area contributed by atoms with Gasteiger partial charge < -0.3 is 14.9 Å². The summed E-state index contributed by atoms with van der Waals surface area (Å²) in [6.45, 7) is 2.51. The third-order valence-corrected chi connectivity index (χ3v) is 11.5. The van der Waals surface area contributed by atoms with E-state index in [2.05, 4.69) is 24.9 Å². The van der Waals surface area contributed by atoms with Crippen LogP contribution in [0, 0.1) is 11.2 Å². The molecule has 0 amide bonds. The number of aromatic nitrogens is 4. The van der Waals surface area contributed by atoms with Crippen LogP contribution < -0.4 is 14.5 Å². The zero-order valence-corrected chi connectivity index (χ0v) is 26.3. The van der Waals surface area contributed by atoms with E-state index in [-0.39, 0.29) is 42.9 Å².